The van der Waals surface area contributed by atoms with Gasteiger partial charge in [-0.25, -0.2) is 0 Å². The van der Waals surface area contributed by atoms with Crippen LogP contribution in [0.15, 0.2) is 124 Å². The number of fused-ring (bicyclic) bond motifs is 8. The van der Waals surface area contributed by atoms with E-state index in [0.29, 0.717) is 22.0 Å². The molecule has 0 atom stereocenters. The summed E-state index contributed by atoms with van der Waals surface area (Å²) in [4.78, 5) is 17.0. The van der Waals surface area contributed by atoms with Crippen molar-refractivity contribution in [3.63, 3.8) is 0 Å². The van der Waals surface area contributed by atoms with Crippen LogP contribution in [0.2, 0.25) is 0 Å². The average Bonchev–Trinajstić information content (AvgIpc) is 3.62. The van der Waals surface area contributed by atoms with Gasteiger partial charge in [0.1, 0.15) is 5.69 Å². The third kappa shape index (κ3) is 4.75. The number of aryl methyl sites for hydroxylation is 1. The molecule has 0 radical (unpaired) electrons. The first-order valence-corrected chi connectivity index (χ1v) is 16.7. The summed E-state index contributed by atoms with van der Waals surface area (Å²) < 4.78 is 34.6. The first-order chi connectivity index (χ1) is 23.2. The van der Waals surface area contributed by atoms with Crippen molar-refractivity contribution in [3.05, 3.63) is 115 Å². The Morgan fingerprint density at radius 3 is 2.31 bits per heavy atom. The minimum absolute atomic E-state index is 0.00437. The van der Waals surface area contributed by atoms with E-state index in [1.165, 1.54) is 24.3 Å². The predicted octanol–water partition coefficient (Wildman–Crippen LogP) is 9.22. The number of benzene rings is 6. The van der Waals surface area contributed by atoms with E-state index >= 15 is 0 Å². The van der Waals surface area contributed by atoms with Gasteiger partial charge in [-0.15, -0.1) is 5.11 Å². The Labute approximate surface area is 273 Å². The highest BCUT2D eigenvalue weighted by Crippen LogP contribution is 2.44. The summed E-state index contributed by atoms with van der Waals surface area (Å²) in [5, 5.41) is 28.5. The van der Waals surface area contributed by atoms with Crippen LogP contribution in [-0.4, -0.2) is 33.5 Å². The molecule has 0 fully saturated rings. The number of hydrogen-bond donors (Lipinski definition) is 4. The second kappa shape index (κ2) is 11.0. The number of aromatic nitrogens is 2. The number of azo groups is 1. The number of H-pyrrole nitrogens is 1. The van der Waals surface area contributed by atoms with E-state index < -0.39 is 16.0 Å². The maximum Gasteiger partial charge on any atom is 0.294 e. The summed E-state index contributed by atoms with van der Waals surface area (Å²) >= 11 is 0. The number of hydrogen-bond acceptors (Lipinski definition) is 6. The van der Waals surface area contributed by atoms with E-state index in [1.807, 2.05) is 66.7 Å². The summed E-state index contributed by atoms with van der Waals surface area (Å²) in [7, 11) is -4.39. The van der Waals surface area contributed by atoms with Crippen LogP contribution < -0.4 is 5.32 Å². The van der Waals surface area contributed by atoms with Gasteiger partial charge in [0.2, 0.25) is 0 Å². The van der Waals surface area contributed by atoms with Crippen LogP contribution in [0.4, 0.5) is 17.1 Å². The van der Waals surface area contributed by atoms with Gasteiger partial charge < -0.3 is 20.0 Å². The fourth-order valence-corrected chi connectivity index (χ4v) is 6.99. The quantitative estimate of drug-likeness (QED) is 0.104. The van der Waals surface area contributed by atoms with Crippen molar-refractivity contribution < 1.29 is 22.9 Å². The van der Waals surface area contributed by atoms with Crippen LogP contribution in [0, 0.1) is 0 Å². The molecule has 0 unspecified atom stereocenters. The lowest BCUT2D eigenvalue weighted by Crippen LogP contribution is -2.12. The Morgan fingerprint density at radius 1 is 0.812 bits per heavy atom. The van der Waals surface area contributed by atoms with Gasteiger partial charge in [-0.05, 0) is 73.0 Å². The van der Waals surface area contributed by atoms with Crippen molar-refractivity contribution in [3.8, 4) is 5.75 Å². The molecule has 2 heterocycles. The van der Waals surface area contributed by atoms with E-state index in [1.54, 1.807) is 6.07 Å². The van der Waals surface area contributed by atoms with Crippen molar-refractivity contribution in [1.82, 2.24) is 9.55 Å². The number of phenolic OH excluding ortho intramolecular Hbond substituents is 1. The maximum atomic E-state index is 13.9. The second-order valence-electron chi connectivity index (χ2n) is 11.5. The third-order valence-electron chi connectivity index (χ3n) is 8.72. The number of carbonyl (C=O) groups excluding carboxylic acids is 1. The number of carbonyl (C=O) groups is 1. The SMILES string of the molecule is CCn1c2ccccc2c2cc(NC(=O)c3cc4ccc5c6ccccc6[nH]c5c4c(N=Nc4ccc(S(=O)(=O)O)cc4)c3O)ccc21. The summed E-state index contributed by atoms with van der Waals surface area (Å²) in [6.07, 6.45) is 0. The van der Waals surface area contributed by atoms with E-state index in [9.17, 15) is 22.9 Å². The lowest BCUT2D eigenvalue weighted by Gasteiger charge is -2.12. The summed E-state index contributed by atoms with van der Waals surface area (Å²) in [6.45, 7) is 2.89. The highest BCUT2D eigenvalue weighted by Gasteiger charge is 2.22. The van der Waals surface area contributed by atoms with E-state index in [4.69, 9.17) is 0 Å². The van der Waals surface area contributed by atoms with Gasteiger partial charge in [-0.1, -0.05) is 48.5 Å². The van der Waals surface area contributed by atoms with Crippen molar-refractivity contribution in [2.75, 3.05) is 5.32 Å². The molecule has 2 aromatic heterocycles. The molecule has 0 bridgehead atoms. The smallest absolute Gasteiger partial charge is 0.294 e. The number of rotatable bonds is 6. The highest BCUT2D eigenvalue weighted by molar-refractivity contribution is 7.85. The molecule has 0 aliphatic rings. The molecule has 236 valence electrons. The Hall–Kier alpha value is -6.04. The molecule has 8 aromatic rings. The third-order valence-corrected chi connectivity index (χ3v) is 9.59. The maximum absolute atomic E-state index is 13.9. The number of nitrogens with zero attached hydrogens (tertiary/aromatic N) is 3. The van der Waals surface area contributed by atoms with Crippen molar-refractivity contribution in [2.45, 2.75) is 18.4 Å². The molecule has 10 nitrogen and oxygen atoms in total. The van der Waals surface area contributed by atoms with Gasteiger partial charge >= 0.3 is 0 Å². The van der Waals surface area contributed by atoms with Gasteiger partial charge in [0.05, 0.1) is 21.7 Å². The van der Waals surface area contributed by atoms with Crippen molar-refractivity contribution in [1.29, 1.82) is 0 Å². The largest absolute Gasteiger partial charge is 0.505 e. The molecule has 6 aromatic carbocycles. The minimum atomic E-state index is -4.39. The Kier molecular flexibility index (Phi) is 6.76. The normalized spacial score (nSPS) is 12.3. The number of aromatic hydroxyl groups is 1. The van der Waals surface area contributed by atoms with Crippen LogP contribution in [0.3, 0.4) is 0 Å². The van der Waals surface area contributed by atoms with Gasteiger partial charge in [-0.3, -0.25) is 9.35 Å². The van der Waals surface area contributed by atoms with Crippen LogP contribution in [-0.2, 0) is 16.7 Å². The Morgan fingerprint density at radius 2 is 1.54 bits per heavy atom. The van der Waals surface area contributed by atoms with E-state index in [-0.39, 0.29) is 27.6 Å². The molecule has 0 saturated carbocycles. The fourth-order valence-electron chi connectivity index (χ4n) is 6.51. The van der Waals surface area contributed by atoms with Crippen LogP contribution in [0.25, 0.3) is 54.4 Å². The molecule has 0 aliphatic heterocycles. The van der Waals surface area contributed by atoms with E-state index in [0.717, 1.165) is 44.6 Å². The molecule has 48 heavy (non-hydrogen) atoms. The zero-order valence-corrected chi connectivity index (χ0v) is 26.3. The van der Waals surface area contributed by atoms with Crippen LogP contribution in [0.1, 0.15) is 17.3 Å². The zero-order chi connectivity index (χ0) is 33.2. The van der Waals surface area contributed by atoms with Gasteiger partial charge in [-0.2, -0.15) is 13.5 Å². The Bertz CT molecular complexity index is 2750. The number of nitrogens with one attached hydrogen (secondary N) is 2. The van der Waals surface area contributed by atoms with Crippen molar-refractivity contribution in [2.24, 2.45) is 10.2 Å². The summed E-state index contributed by atoms with van der Waals surface area (Å²) in [5.41, 5.74) is 4.68. The molecule has 1 amide bonds. The number of aromatic amines is 1. The topological polar surface area (TPSA) is 149 Å². The molecule has 0 aliphatic carbocycles. The standard InChI is InChI=1S/C37H27N5O5S/c1-2-42-31-10-6-4-8-26(31)28-20-23(14-18-32(28)42)38-37(44)29-19-21-11-17-27-25-7-3-5-9-30(25)39-34(27)33(21)35(36(29)43)41-40-22-12-15-24(16-13-22)48(45,46)47/h3-20,39,43H,2H2,1H3,(H,38,44)(H,45,46,47). The monoisotopic (exact) mass is 653 g/mol. The number of anilines is 1. The molecule has 0 saturated heterocycles. The zero-order valence-electron chi connectivity index (χ0n) is 25.5. The van der Waals surface area contributed by atoms with Gasteiger partial charge in [0, 0.05) is 55.7 Å². The second-order valence-corrected chi connectivity index (χ2v) is 12.9. The van der Waals surface area contributed by atoms with E-state index in [2.05, 4.69) is 44.2 Å². The molecule has 11 heteroatoms. The molecule has 8 rings (SSSR count). The highest BCUT2D eigenvalue weighted by atomic mass is 32.2. The lowest BCUT2D eigenvalue weighted by molar-refractivity contribution is 0.102. The van der Waals surface area contributed by atoms with Crippen molar-refractivity contribution >= 4 is 87.5 Å². The fraction of sp³-hybridized carbons (Fsp3) is 0.0541. The number of phenols is 1. The first kappa shape index (κ1) is 29.4. The molecular formula is C37H27N5O5S. The Balaban J connectivity index is 1.26. The van der Waals surface area contributed by atoms with Gasteiger partial charge in [0.15, 0.2) is 5.75 Å². The number of amides is 1. The van der Waals surface area contributed by atoms with Crippen LogP contribution >= 0.6 is 0 Å². The molecule has 4 N–H and O–H groups in total. The van der Waals surface area contributed by atoms with Crippen LogP contribution in [0.5, 0.6) is 5.75 Å². The first-order valence-electron chi connectivity index (χ1n) is 15.2. The minimum Gasteiger partial charge on any atom is -0.505 e. The van der Waals surface area contributed by atoms with Gasteiger partial charge in [0.25, 0.3) is 16.0 Å². The summed E-state index contributed by atoms with van der Waals surface area (Å²) in [5.74, 6) is -0.896. The molecular weight excluding hydrogens is 627 g/mol. The predicted molar refractivity (Wildman–Crippen MR) is 188 cm³/mol. The lowest BCUT2D eigenvalue weighted by atomic mass is 10.00. The summed E-state index contributed by atoms with van der Waals surface area (Å²) in [6, 6.07) is 32.3. The molecule has 0 spiro atoms. The average molecular weight is 654 g/mol. The number of para-hydroxylation sites is 2.